The summed E-state index contributed by atoms with van der Waals surface area (Å²) in [4.78, 5) is 0. The predicted octanol–water partition coefficient (Wildman–Crippen LogP) is 1.73. The maximum absolute atomic E-state index is 5.67. The van der Waals surface area contributed by atoms with Crippen LogP contribution < -0.4 is 11.3 Å². The topological polar surface area (TPSA) is 55.9 Å². The minimum atomic E-state index is 0.259. The van der Waals surface area contributed by atoms with E-state index in [9.17, 15) is 0 Å². The molecule has 90 valence electrons. The quantitative estimate of drug-likeness (QED) is 0.589. The summed E-state index contributed by atoms with van der Waals surface area (Å²) in [6, 6.07) is 0.259. The number of hydrogen-bond acceptors (Lipinski definition) is 3. The highest BCUT2D eigenvalue weighted by atomic mass is 15.3. The third-order valence-electron chi connectivity index (χ3n) is 3.68. The number of hydrazine groups is 1. The smallest absolute Gasteiger partial charge is 0.0644 e. The molecule has 1 heterocycles. The van der Waals surface area contributed by atoms with Gasteiger partial charge >= 0.3 is 0 Å². The third-order valence-corrected chi connectivity index (χ3v) is 3.68. The molecule has 16 heavy (non-hydrogen) atoms. The number of aryl methyl sites for hydroxylation is 2. The van der Waals surface area contributed by atoms with E-state index in [1.54, 1.807) is 0 Å². The van der Waals surface area contributed by atoms with Crippen molar-refractivity contribution in [2.75, 3.05) is 0 Å². The molecule has 0 saturated heterocycles. The standard InChI is InChI=1S/C12H22N4/c1-8-12(9(2)16(3)15-8)11(14-13)7-6-10-4-5-10/h10-11,14H,4-7,13H2,1-3H3. The number of hydrogen-bond donors (Lipinski definition) is 2. The van der Waals surface area contributed by atoms with Gasteiger partial charge in [0.15, 0.2) is 0 Å². The minimum Gasteiger partial charge on any atom is -0.272 e. The van der Waals surface area contributed by atoms with Gasteiger partial charge in [0, 0.05) is 24.3 Å². The molecule has 1 fully saturated rings. The molecule has 1 saturated carbocycles. The molecule has 2 rings (SSSR count). The molecule has 1 atom stereocenters. The fourth-order valence-electron chi connectivity index (χ4n) is 2.41. The van der Waals surface area contributed by atoms with Gasteiger partial charge < -0.3 is 0 Å². The molecule has 0 aromatic carbocycles. The second-order valence-electron chi connectivity index (χ2n) is 4.95. The van der Waals surface area contributed by atoms with Crippen molar-refractivity contribution in [3.05, 3.63) is 17.0 Å². The van der Waals surface area contributed by atoms with Crippen LogP contribution in [0.15, 0.2) is 0 Å². The van der Waals surface area contributed by atoms with E-state index in [2.05, 4.69) is 24.4 Å². The van der Waals surface area contributed by atoms with Crippen LogP contribution in [0.5, 0.6) is 0 Å². The predicted molar refractivity (Wildman–Crippen MR) is 64.7 cm³/mol. The second kappa shape index (κ2) is 4.55. The summed E-state index contributed by atoms with van der Waals surface area (Å²) in [7, 11) is 1.99. The molecule has 0 bridgehead atoms. The average molecular weight is 222 g/mol. The van der Waals surface area contributed by atoms with Gasteiger partial charge in [-0.1, -0.05) is 12.8 Å². The lowest BCUT2D eigenvalue weighted by atomic mass is 9.99. The van der Waals surface area contributed by atoms with Crippen LogP contribution >= 0.6 is 0 Å². The summed E-state index contributed by atoms with van der Waals surface area (Å²) in [6.45, 7) is 4.17. The number of nitrogens with two attached hydrogens (primary N) is 1. The highest BCUT2D eigenvalue weighted by Crippen LogP contribution is 2.36. The molecule has 0 radical (unpaired) electrons. The Labute approximate surface area is 97.2 Å². The molecule has 3 N–H and O–H groups in total. The lowest BCUT2D eigenvalue weighted by Crippen LogP contribution is -2.29. The summed E-state index contributed by atoms with van der Waals surface area (Å²) in [6.07, 6.45) is 5.21. The van der Waals surface area contributed by atoms with Crippen molar-refractivity contribution in [1.82, 2.24) is 15.2 Å². The zero-order valence-corrected chi connectivity index (χ0v) is 10.5. The van der Waals surface area contributed by atoms with Crippen LogP contribution in [-0.2, 0) is 7.05 Å². The van der Waals surface area contributed by atoms with Crippen molar-refractivity contribution in [2.24, 2.45) is 18.8 Å². The van der Waals surface area contributed by atoms with E-state index >= 15 is 0 Å². The van der Waals surface area contributed by atoms with E-state index < -0.39 is 0 Å². The molecule has 1 aromatic rings. The van der Waals surface area contributed by atoms with Crippen molar-refractivity contribution >= 4 is 0 Å². The van der Waals surface area contributed by atoms with Gasteiger partial charge in [-0.05, 0) is 32.6 Å². The molecule has 0 amide bonds. The number of aromatic nitrogens is 2. The summed E-state index contributed by atoms with van der Waals surface area (Å²) in [5.41, 5.74) is 6.54. The number of nitrogens with one attached hydrogen (secondary N) is 1. The first-order valence-electron chi connectivity index (χ1n) is 6.09. The summed E-state index contributed by atoms with van der Waals surface area (Å²) in [5.74, 6) is 6.62. The van der Waals surface area contributed by atoms with Gasteiger partial charge in [-0.25, -0.2) is 0 Å². The first kappa shape index (κ1) is 11.6. The minimum absolute atomic E-state index is 0.259. The summed E-state index contributed by atoms with van der Waals surface area (Å²) in [5, 5.41) is 4.44. The zero-order valence-electron chi connectivity index (χ0n) is 10.5. The van der Waals surface area contributed by atoms with Crippen LogP contribution in [0.25, 0.3) is 0 Å². The van der Waals surface area contributed by atoms with E-state index in [-0.39, 0.29) is 6.04 Å². The third kappa shape index (κ3) is 2.28. The maximum atomic E-state index is 5.67. The Morgan fingerprint density at radius 1 is 1.50 bits per heavy atom. The highest BCUT2D eigenvalue weighted by Gasteiger charge is 2.25. The fraction of sp³-hybridized carbons (Fsp3) is 0.750. The van der Waals surface area contributed by atoms with E-state index in [4.69, 9.17) is 5.84 Å². The Hall–Kier alpha value is -0.870. The van der Waals surface area contributed by atoms with E-state index in [1.165, 1.54) is 30.5 Å². The zero-order chi connectivity index (χ0) is 11.7. The van der Waals surface area contributed by atoms with Gasteiger partial charge in [0.2, 0.25) is 0 Å². The van der Waals surface area contributed by atoms with Gasteiger partial charge in [-0.15, -0.1) is 0 Å². The van der Waals surface area contributed by atoms with Crippen LogP contribution in [0, 0.1) is 19.8 Å². The number of nitrogens with zero attached hydrogens (tertiary/aromatic N) is 2. The van der Waals surface area contributed by atoms with Crippen molar-refractivity contribution in [3.8, 4) is 0 Å². The fourth-order valence-corrected chi connectivity index (χ4v) is 2.41. The molecule has 0 spiro atoms. The first-order chi connectivity index (χ1) is 7.63. The SMILES string of the molecule is Cc1nn(C)c(C)c1C(CCC1CC1)NN. The monoisotopic (exact) mass is 222 g/mol. The Balaban J connectivity index is 2.11. The molecule has 1 aliphatic carbocycles. The molecule has 1 aliphatic rings. The Kier molecular flexibility index (Phi) is 3.30. The van der Waals surface area contributed by atoms with E-state index in [0.717, 1.165) is 18.0 Å². The Bertz CT molecular complexity index is 365. The average Bonchev–Trinajstić information content (AvgIpc) is 3.02. The molecule has 4 heteroatoms. The van der Waals surface area contributed by atoms with E-state index in [0.29, 0.717) is 0 Å². The van der Waals surface area contributed by atoms with Crippen LogP contribution in [0.1, 0.15) is 48.7 Å². The van der Waals surface area contributed by atoms with Crippen LogP contribution in [0.2, 0.25) is 0 Å². The van der Waals surface area contributed by atoms with Crippen molar-refractivity contribution in [1.29, 1.82) is 0 Å². The van der Waals surface area contributed by atoms with Crippen molar-refractivity contribution in [3.63, 3.8) is 0 Å². The van der Waals surface area contributed by atoms with Gasteiger partial charge in [-0.2, -0.15) is 5.10 Å². The molecule has 1 unspecified atom stereocenters. The Morgan fingerprint density at radius 3 is 2.62 bits per heavy atom. The largest absolute Gasteiger partial charge is 0.272 e. The second-order valence-corrected chi connectivity index (χ2v) is 4.95. The van der Waals surface area contributed by atoms with Gasteiger partial charge in [0.05, 0.1) is 5.69 Å². The van der Waals surface area contributed by atoms with Crippen LogP contribution in [0.4, 0.5) is 0 Å². The maximum Gasteiger partial charge on any atom is 0.0644 e. The molecule has 4 nitrogen and oxygen atoms in total. The number of rotatable bonds is 5. The molecular formula is C12H22N4. The van der Waals surface area contributed by atoms with Gasteiger partial charge in [0.25, 0.3) is 0 Å². The molecular weight excluding hydrogens is 200 g/mol. The van der Waals surface area contributed by atoms with Gasteiger partial charge in [-0.3, -0.25) is 16.0 Å². The Morgan fingerprint density at radius 2 is 2.19 bits per heavy atom. The van der Waals surface area contributed by atoms with Crippen LogP contribution in [-0.4, -0.2) is 9.78 Å². The van der Waals surface area contributed by atoms with Crippen molar-refractivity contribution in [2.45, 2.75) is 45.6 Å². The van der Waals surface area contributed by atoms with Crippen LogP contribution in [0.3, 0.4) is 0 Å². The highest BCUT2D eigenvalue weighted by molar-refractivity contribution is 5.28. The van der Waals surface area contributed by atoms with E-state index in [1.807, 2.05) is 11.7 Å². The lowest BCUT2D eigenvalue weighted by molar-refractivity contribution is 0.478. The first-order valence-corrected chi connectivity index (χ1v) is 6.09. The normalized spacial score (nSPS) is 17.8. The summed E-state index contributed by atoms with van der Waals surface area (Å²) >= 11 is 0. The molecule has 1 aromatic heterocycles. The summed E-state index contributed by atoms with van der Waals surface area (Å²) < 4.78 is 1.94. The molecule has 0 aliphatic heterocycles. The van der Waals surface area contributed by atoms with Crippen molar-refractivity contribution < 1.29 is 0 Å². The van der Waals surface area contributed by atoms with Gasteiger partial charge in [0.1, 0.15) is 0 Å². The lowest BCUT2D eigenvalue weighted by Gasteiger charge is -2.16.